The van der Waals surface area contributed by atoms with E-state index in [2.05, 4.69) is 11.6 Å². The number of hydrogen-bond acceptors (Lipinski definition) is 5. The van der Waals surface area contributed by atoms with E-state index in [1.165, 1.54) is 0 Å². The van der Waals surface area contributed by atoms with Gasteiger partial charge < -0.3 is 10.0 Å². The summed E-state index contributed by atoms with van der Waals surface area (Å²) in [5.74, 6) is -1.12. The number of aromatic nitrogens is 1. The zero-order chi connectivity index (χ0) is 15.5. The fourth-order valence-electron chi connectivity index (χ4n) is 1.71. The van der Waals surface area contributed by atoms with Crippen LogP contribution in [0.5, 0.6) is 0 Å². The minimum absolute atomic E-state index is 0.132. The molecule has 0 aliphatic carbocycles. The van der Waals surface area contributed by atoms with Crippen LogP contribution >= 0.6 is 0 Å². The van der Waals surface area contributed by atoms with Crippen molar-refractivity contribution in [3.63, 3.8) is 0 Å². The van der Waals surface area contributed by atoms with Gasteiger partial charge in [-0.1, -0.05) is 6.08 Å². The number of carbonyl (C=O) groups is 1. The van der Waals surface area contributed by atoms with Crippen molar-refractivity contribution in [3.8, 4) is 0 Å². The summed E-state index contributed by atoms with van der Waals surface area (Å²) in [5, 5.41) is 20.0. The molecule has 0 radical (unpaired) electrons. The van der Waals surface area contributed by atoms with Gasteiger partial charge in [0.15, 0.2) is 0 Å². The van der Waals surface area contributed by atoms with Crippen molar-refractivity contribution in [2.75, 3.05) is 11.4 Å². The predicted octanol–water partition coefficient (Wildman–Crippen LogP) is 2.48. The Morgan fingerprint density at radius 1 is 1.60 bits per heavy atom. The second-order valence-corrected chi connectivity index (χ2v) is 5.20. The molecule has 0 spiro atoms. The van der Waals surface area contributed by atoms with Crippen LogP contribution in [-0.4, -0.2) is 33.1 Å². The Kier molecular flexibility index (Phi) is 4.44. The van der Waals surface area contributed by atoms with Gasteiger partial charge in [0.25, 0.3) is 0 Å². The summed E-state index contributed by atoms with van der Waals surface area (Å²) < 4.78 is 0. The third kappa shape index (κ3) is 3.31. The largest absolute Gasteiger partial charge is 0.478 e. The minimum atomic E-state index is -1.25. The number of anilines is 1. The zero-order valence-corrected chi connectivity index (χ0v) is 11.7. The average Bonchev–Trinajstić information content (AvgIpc) is 2.33. The van der Waals surface area contributed by atoms with Gasteiger partial charge in [0.2, 0.25) is 5.82 Å². The number of carboxylic acids is 1. The fourth-order valence-corrected chi connectivity index (χ4v) is 1.71. The highest BCUT2D eigenvalue weighted by Gasteiger charge is 2.29. The highest BCUT2D eigenvalue weighted by Crippen LogP contribution is 2.31. The standard InChI is InChI=1S/C13H17N3O4/c1-5-6-15(13(2,3)4)11-10(16(19)20)7-9(8-14-11)12(17)18/h5,7-8H,1,6H2,2-4H3,(H,17,18). The molecular weight excluding hydrogens is 262 g/mol. The zero-order valence-electron chi connectivity index (χ0n) is 11.7. The third-order valence-electron chi connectivity index (χ3n) is 2.67. The Morgan fingerprint density at radius 3 is 2.60 bits per heavy atom. The van der Waals surface area contributed by atoms with E-state index in [4.69, 9.17) is 5.11 Å². The molecule has 1 heterocycles. The Hall–Kier alpha value is -2.44. The van der Waals surface area contributed by atoms with Gasteiger partial charge in [0.05, 0.1) is 10.5 Å². The Bertz CT molecular complexity index is 549. The van der Waals surface area contributed by atoms with Crippen molar-refractivity contribution in [1.82, 2.24) is 4.98 Å². The summed E-state index contributed by atoms with van der Waals surface area (Å²) in [6.07, 6.45) is 2.73. The first-order valence-corrected chi connectivity index (χ1v) is 5.94. The van der Waals surface area contributed by atoms with E-state index in [1.807, 2.05) is 20.8 Å². The van der Waals surface area contributed by atoms with Crippen LogP contribution in [0.4, 0.5) is 11.5 Å². The van der Waals surface area contributed by atoms with Crippen molar-refractivity contribution in [2.45, 2.75) is 26.3 Å². The summed E-state index contributed by atoms with van der Waals surface area (Å²) in [5.41, 5.74) is -0.967. The molecule has 7 heteroatoms. The van der Waals surface area contributed by atoms with Crippen LogP contribution in [0.2, 0.25) is 0 Å². The molecule has 1 N–H and O–H groups in total. The lowest BCUT2D eigenvalue weighted by atomic mass is 10.1. The van der Waals surface area contributed by atoms with Crippen LogP contribution in [-0.2, 0) is 0 Å². The Balaban J connectivity index is 3.45. The fraction of sp³-hybridized carbons (Fsp3) is 0.385. The van der Waals surface area contributed by atoms with E-state index in [1.54, 1.807) is 11.0 Å². The molecule has 0 unspecified atom stereocenters. The normalized spacial score (nSPS) is 10.9. The van der Waals surface area contributed by atoms with Crippen LogP contribution < -0.4 is 4.90 Å². The summed E-state index contributed by atoms with van der Waals surface area (Å²) in [6.45, 7) is 9.64. The first kappa shape index (κ1) is 15.6. The monoisotopic (exact) mass is 279 g/mol. The topological polar surface area (TPSA) is 96.6 Å². The maximum absolute atomic E-state index is 11.2. The van der Waals surface area contributed by atoms with Crippen LogP contribution in [0.15, 0.2) is 24.9 Å². The molecule has 0 fully saturated rings. The van der Waals surface area contributed by atoms with Gasteiger partial charge in [-0.05, 0) is 20.8 Å². The highest BCUT2D eigenvalue weighted by molar-refractivity contribution is 5.88. The van der Waals surface area contributed by atoms with Gasteiger partial charge in [-0.15, -0.1) is 6.58 Å². The van der Waals surface area contributed by atoms with Gasteiger partial charge in [-0.2, -0.15) is 0 Å². The van der Waals surface area contributed by atoms with Crippen molar-refractivity contribution < 1.29 is 14.8 Å². The molecule has 0 aromatic carbocycles. The Morgan fingerprint density at radius 2 is 2.20 bits per heavy atom. The van der Waals surface area contributed by atoms with Crippen LogP contribution in [0.3, 0.4) is 0 Å². The first-order valence-electron chi connectivity index (χ1n) is 5.94. The molecule has 0 aliphatic heterocycles. The summed E-state index contributed by atoms with van der Waals surface area (Å²) in [7, 11) is 0. The lowest BCUT2D eigenvalue weighted by Gasteiger charge is -2.35. The number of hydrogen-bond donors (Lipinski definition) is 1. The molecule has 0 amide bonds. The van der Waals surface area contributed by atoms with Crippen molar-refractivity contribution >= 4 is 17.5 Å². The van der Waals surface area contributed by atoms with Gasteiger partial charge in [0.1, 0.15) is 0 Å². The van der Waals surface area contributed by atoms with Gasteiger partial charge in [0, 0.05) is 24.3 Å². The molecule has 0 aliphatic rings. The number of aromatic carboxylic acids is 1. The molecule has 108 valence electrons. The molecule has 0 atom stereocenters. The van der Waals surface area contributed by atoms with Crippen LogP contribution in [0.1, 0.15) is 31.1 Å². The number of carboxylic acid groups (broad SMARTS) is 1. The van der Waals surface area contributed by atoms with E-state index in [0.717, 1.165) is 12.3 Å². The van der Waals surface area contributed by atoms with Crippen LogP contribution in [0, 0.1) is 10.1 Å². The van der Waals surface area contributed by atoms with E-state index in [-0.39, 0.29) is 17.1 Å². The second-order valence-electron chi connectivity index (χ2n) is 5.20. The number of rotatable bonds is 5. The number of nitrogens with zero attached hydrogens (tertiary/aromatic N) is 3. The van der Waals surface area contributed by atoms with E-state index >= 15 is 0 Å². The second kappa shape index (κ2) is 5.68. The third-order valence-corrected chi connectivity index (χ3v) is 2.67. The smallest absolute Gasteiger partial charge is 0.337 e. The lowest BCUT2D eigenvalue weighted by molar-refractivity contribution is -0.384. The maximum atomic E-state index is 11.2. The quantitative estimate of drug-likeness (QED) is 0.505. The van der Waals surface area contributed by atoms with E-state index < -0.39 is 16.4 Å². The molecule has 20 heavy (non-hydrogen) atoms. The molecule has 0 bridgehead atoms. The lowest BCUT2D eigenvalue weighted by Crippen LogP contribution is -2.42. The average molecular weight is 279 g/mol. The van der Waals surface area contributed by atoms with Gasteiger partial charge in [-0.25, -0.2) is 9.78 Å². The van der Waals surface area contributed by atoms with Crippen LogP contribution in [0.25, 0.3) is 0 Å². The van der Waals surface area contributed by atoms with E-state index in [9.17, 15) is 14.9 Å². The number of nitro groups is 1. The van der Waals surface area contributed by atoms with Gasteiger partial charge >= 0.3 is 11.7 Å². The molecule has 0 saturated carbocycles. The molecule has 1 aromatic heterocycles. The van der Waals surface area contributed by atoms with Gasteiger partial charge in [-0.3, -0.25) is 10.1 Å². The molecule has 7 nitrogen and oxygen atoms in total. The minimum Gasteiger partial charge on any atom is -0.478 e. The summed E-state index contributed by atoms with van der Waals surface area (Å²) in [4.78, 5) is 27.1. The van der Waals surface area contributed by atoms with Crippen molar-refractivity contribution in [3.05, 3.63) is 40.6 Å². The van der Waals surface area contributed by atoms with Crippen molar-refractivity contribution in [2.24, 2.45) is 0 Å². The summed E-state index contributed by atoms with van der Waals surface area (Å²) in [6, 6.07) is 1.02. The molecular formula is C13H17N3O4. The number of pyridine rings is 1. The predicted molar refractivity (Wildman–Crippen MR) is 75.1 cm³/mol. The molecule has 0 saturated heterocycles. The molecule has 1 rings (SSSR count). The SMILES string of the molecule is C=CCN(c1ncc(C(=O)O)cc1[N+](=O)[O-])C(C)(C)C. The van der Waals surface area contributed by atoms with Crippen molar-refractivity contribution in [1.29, 1.82) is 0 Å². The summed E-state index contributed by atoms with van der Waals surface area (Å²) >= 11 is 0. The first-order chi connectivity index (χ1) is 9.18. The van der Waals surface area contributed by atoms with E-state index in [0.29, 0.717) is 6.54 Å². The highest BCUT2D eigenvalue weighted by atomic mass is 16.6. The Labute approximate surface area is 116 Å². The molecule has 1 aromatic rings. The maximum Gasteiger partial charge on any atom is 0.337 e.